The van der Waals surface area contributed by atoms with Gasteiger partial charge in [0.1, 0.15) is 0 Å². The number of likely N-dealkylation sites (tertiary alicyclic amines) is 1. The predicted molar refractivity (Wildman–Crippen MR) is 62.8 cm³/mol. The molecule has 1 unspecified atom stereocenters. The molecule has 1 N–H and O–H groups in total. The van der Waals surface area contributed by atoms with E-state index < -0.39 is 0 Å². The first-order valence-electron chi connectivity index (χ1n) is 4.87. The zero-order valence-corrected chi connectivity index (χ0v) is 10.2. The van der Waals surface area contributed by atoms with E-state index in [1.54, 1.807) is 7.11 Å². The van der Waals surface area contributed by atoms with Crippen LogP contribution in [0.2, 0.25) is 0 Å². The van der Waals surface area contributed by atoms with E-state index in [0.717, 1.165) is 19.1 Å². The van der Waals surface area contributed by atoms with Crippen molar-refractivity contribution in [1.82, 2.24) is 10.2 Å². The fraction of sp³-hybridized carbons (Fsp3) is 1.00. The van der Waals surface area contributed by atoms with Gasteiger partial charge in [-0.2, -0.15) is 0 Å². The van der Waals surface area contributed by atoms with Crippen molar-refractivity contribution in [2.24, 2.45) is 0 Å². The van der Waals surface area contributed by atoms with Crippen molar-refractivity contribution in [2.45, 2.75) is 25.0 Å². The summed E-state index contributed by atoms with van der Waals surface area (Å²) in [7, 11) is 1.81. The largest absolute Gasteiger partial charge is 0.379 e. The number of ether oxygens (including phenoxy) is 1. The predicted octanol–water partition coefficient (Wildman–Crippen LogP) is 0.913. The zero-order valence-electron chi connectivity index (χ0n) is 8.57. The molecule has 5 heteroatoms. The average Bonchev–Trinajstić information content (AvgIpc) is 2.04. The second-order valence-corrected chi connectivity index (χ2v) is 3.81. The molecule has 2 fully saturated rings. The van der Waals surface area contributed by atoms with Gasteiger partial charge < -0.3 is 10.1 Å². The van der Waals surface area contributed by atoms with Crippen molar-refractivity contribution < 1.29 is 4.74 Å². The third-order valence-electron chi connectivity index (χ3n) is 3.00. The van der Waals surface area contributed by atoms with Gasteiger partial charge >= 0.3 is 0 Å². The molecule has 0 bridgehead atoms. The summed E-state index contributed by atoms with van der Waals surface area (Å²) in [6.07, 6.45) is 3.20. The van der Waals surface area contributed by atoms with Crippen LogP contribution >= 0.6 is 24.8 Å². The summed E-state index contributed by atoms with van der Waals surface area (Å²) >= 11 is 0. The molecular formula is C9H20Cl2N2O. The standard InChI is InChI=1S/C9H18N2O.2ClH/c1-12-9-6-11(7-9)8-3-2-4-10-5-8;;/h8-10H,2-7H2,1H3;2*1H. The first-order valence-corrected chi connectivity index (χ1v) is 4.87. The minimum absolute atomic E-state index is 0. The van der Waals surface area contributed by atoms with Crippen molar-refractivity contribution in [3.63, 3.8) is 0 Å². The molecule has 0 saturated carbocycles. The SMILES string of the molecule is COC1CN(C2CCCNC2)C1.Cl.Cl. The molecular weight excluding hydrogens is 223 g/mol. The molecule has 2 heterocycles. The van der Waals surface area contributed by atoms with E-state index >= 15 is 0 Å². The van der Waals surface area contributed by atoms with Gasteiger partial charge in [-0.3, -0.25) is 4.90 Å². The lowest BCUT2D eigenvalue weighted by Crippen LogP contribution is -2.59. The van der Waals surface area contributed by atoms with Crippen molar-refractivity contribution >= 4 is 24.8 Å². The second kappa shape index (κ2) is 6.85. The van der Waals surface area contributed by atoms with Crippen molar-refractivity contribution in [3.05, 3.63) is 0 Å². The molecule has 0 aromatic carbocycles. The zero-order chi connectivity index (χ0) is 8.39. The van der Waals surface area contributed by atoms with Crippen molar-refractivity contribution in [1.29, 1.82) is 0 Å². The molecule has 0 spiro atoms. The average molecular weight is 243 g/mol. The Kier molecular flexibility index (Phi) is 7.08. The summed E-state index contributed by atoms with van der Waals surface area (Å²) in [5.41, 5.74) is 0. The molecule has 0 radical (unpaired) electrons. The van der Waals surface area contributed by atoms with E-state index in [9.17, 15) is 0 Å². The van der Waals surface area contributed by atoms with Crippen molar-refractivity contribution in [2.75, 3.05) is 33.3 Å². The van der Waals surface area contributed by atoms with Gasteiger partial charge in [-0.1, -0.05) is 0 Å². The lowest BCUT2D eigenvalue weighted by atomic mass is 10.0. The monoisotopic (exact) mass is 242 g/mol. The summed E-state index contributed by atoms with van der Waals surface area (Å²) in [5.74, 6) is 0. The van der Waals surface area contributed by atoms with Gasteiger partial charge in [0.05, 0.1) is 6.10 Å². The smallest absolute Gasteiger partial charge is 0.0825 e. The quantitative estimate of drug-likeness (QED) is 0.780. The maximum atomic E-state index is 5.25. The summed E-state index contributed by atoms with van der Waals surface area (Å²) in [4.78, 5) is 2.53. The van der Waals surface area contributed by atoms with E-state index in [4.69, 9.17) is 4.74 Å². The second-order valence-electron chi connectivity index (χ2n) is 3.81. The van der Waals surface area contributed by atoms with Gasteiger partial charge in [-0.05, 0) is 19.4 Å². The molecule has 86 valence electrons. The van der Waals surface area contributed by atoms with Gasteiger partial charge in [0.25, 0.3) is 0 Å². The highest BCUT2D eigenvalue weighted by atomic mass is 35.5. The minimum atomic E-state index is 0. The molecule has 3 nitrogen and oxygen atoms in total. The van der Waals surface area contributed by atoms with E-state index in [2.05, 4.69) is 10.2 Å². The number of rotatable bonds is 2. The maximum Gasteiger partial charge on any atom is 0.0825 e. The molecule has 1 atom stereocenters. The van der Waals surface area contributed by atoms with Crippen LogP contribution in [-0.2, 0) is 4.74 Å². The summed E-state index contributed by atoms with van der Waals surface area (Å²) < 4.78 is 5.25. The number of nitrogens with one attached hydrogen (secondary N) is 1. The third-order valence-corrected chi connectivity index (χ3v) is 3.00. The van der Waals surface area contributed by atoms with Crippen LogP contribution in [0.15, 0.2) is 0 Å². The van der Waals surface area contributed by atoms with Crippen LogP contribution in [-0.4, -0.2) is 50.3 Å². The summed E-state index contributed by atoms with van der Waals surface area (Å²) in [5, 5.41) is 3.43. The molecule has 0 amide bonds. The minimum Gasteiger partial charge on any atom is -0.379 e. The Labute approximate surface area is 98.4 Å². The first-order chi connectivity index (χ1) is 5.90. The molecule has 2 aliphatic heterocycles. The van der Waals surface area contributed by atoms with E-state index in [-0.39, 0.29) is 24.8 Å². The number of hydrogen-bond donors (Lipinski definition) is 1. The first kappa shape index (κ1) is 14.5. The van der Waals surface area contributed by atoms with Crippen LogP contribution in [0.1, 0.15) is 12.8 Å². The summed E-state index contributed by atoms with van der Waals surface area (Å²) in [6.45, 7) is 4.67. The van der Waals surface area contributed by atoms with Crippen LogP contribution in [0.25, 0.3) is 0 Å². The van der Waals surface area contributed by atoms with Gasteiger partial charge in [0.2, 0.25) is 0 Å². The molecule has 0 aliphatic carbocycles. The Hall–Kier alpha value is 0.460. The van der Waals surface area contributed by atoms with E-state index in [1.807, 2.05) is 0 Å². The van der Waals surface area contributed by atoms with Crippen LogP contribution < -0.4 is 5.32 Å². The van der Waals surface area contributed by atoms with Crippen LogP contribution in [0.4, 0.5) is 0 Å². The fourth-order valence-corrected chi connectivity index (χ4v) is 2.06. The molecule has 2 aliphatic rings. The Morgan fingerprint density at radius 3 is 2.50 bits per heavy atom. The lowest BCUT2D eigenvalue weighted by Gasteiger charge is -2.44. The van der Waals surface area contributed by atoms with E-state index in [0.29, 0.717) is 6.10 Å². The number of hydrogen-bond acceptors (Lipinski definition) is 3. The topological polar surface area (TPSA) is 24.5 Å². The van der Waals surface area contributed by atoms with Gasteiger partial charge in [-0.25, -0.2) is 0 Å². The maximum absolute atomic E-state index is 5.25. The van der Waals surface area contributed by atoms with Crippen LogP contribution in [0.3, 0.4) is 0 Å². The Morgan fingerprint density at radius 2 is 2.00 bits per heavy atom. The Morgan fingerprint density at radius 1 is 1.29 bits per heavy atom. The lowest BCUT2D eigenvalue weighted by molar-refractivity contribution is -0.0542. The van der Waals surface area contributed by atoms with Crippen LogP contribution in [0, 0.1) is 0 Å². The highest BCUT2D eigenvalue weighted by Crippen LogP contribution is 2.18. The third kappa shape index (κ3) is 3.24. The molecule has 0 aromatic rings. The highest BCUT2D eigenvalue weighted by molar-refractivity contribution is 5.85. The number of piperidine rings is 1. The normalized spacial score (nSPS) is 28.5. The van der Waals surface area contributed by atoms with Gasteiger partial charge in [-0.15, -0.1) is 24.8 Å². The molecule has 2 rings (SSSR count). The molecule has 0 aromatic heterocycles. The Balaban J connectivity index is 0.000000845. The van der Waals surface area contributed by atoms with Gasteiger partial charge in [0, 0.05) is 32.8 Å². The number of halogens is 2. The Bertz CT molecular complexity index is 148. The highest BCUT2D eigenvalue weighted by Gasteiger charge is 2.32. The molecule has 14 heavy (non-hydrogen) atoms. The van der Waals surface area contributed by atoms with Crippen LogP contribution in [0.5, 0.6) is 0 Å². The number of methoxy groups -OCH3 is 1. The number of nitrogens with zero attached hydrogens (tertiary/aromatic N) is 1. The fourth-order valence-electron chi connectivity index (χ4n) is 2.06. The van der Waals surface area contributed by atoms with E-state index in [1.165, 1.54) is 25.9 Å². The van der Waals surface area contributed by atoms with Gasteiger partial charge in [0.15, 0.2) is 0 Å². The summed E-state index contributed by atoms with van der Waals surface area (Å²) in [6, 6.07) is 0.783. The molecule has 2 saturated heterocycles. The van der Waals surface area contributed by atoms with Crippen molar-refractivity contribution in [3.8, 4) is 0 Å².